The monoisotopic (exact) mass is 211 g/mol. The Labute approximate surface area is 78.1 Å². The molecule has 0 bridgehead atoms. The number of nitrogens with two attached hydrogens (primary N) is 1. The van der Waals surface area contributed by atoms with Gasteiger partial charge in [-0.25, -0.2) is 8.78 Å². The molecule has 1 unspecified atom stereocenters. The van der Waals surface area contributed by atoms with Crippen molar-refractivity contribution in [2.45, 2.75) is 12.3 Å². The van der Waals surface area contributed by atoms with Crippen LogP contribution in [0.1, 0.15) is 10.8 Å². The van der Waals surface area contributed by atoms with E-state index in [1.807, 2.05) is 0 Å². The Morgan fingerprint density at radius 2 is 2.25 bits per heavy atom. The van der Waals surface area contributed by atoms with E-state index in [1.165, 1.54) is 17.4 Å². The van der Waals surface area contributed by atoms with Crippen molar-refractivity contribution in [2.75, 3.05) is 6.54 Å². The Kier molecular flexibility index (Phi) is 3.43. The lowest BCUT2D eigenvalue weighted by atomic mass is 10.1. The van der Waals surface area contributed by atoms with Crippen LogP contribution in [0.5, 0.6) is 0 Å². The molecule has 1 rings (SSSR count). The van der Waals surface area contributed by atoms with Gasteiger partial charge in [0.25, 0.3) is 0 Å². The highest BCUT2D eigenvalue weighted by atomic mass is 35.5. The van der Waals surface area contributed by atoms with Gasteiger partial charge in [-0.05, 0) is 6.07 Å². The fourth-order valence-corrected chi connectivity index (χ4v) is 2.07. The van der Waals surface area contributed by atoms with Gasteiger partial charge in [-0.1, -0.05) is 11.6 Å². The molecule has 0 amide bonds. The van der Waals surface area contributed by atoms with E-state index in [9.17, 15) is 8.78 Å². The standard InChI is InChI=1S/C7H8ClF2NS/c8-4-1-6(12-3-4)5(2-11)7(9)10/h1,3,5,7H,2,11H2. The van der Waals surface area contributed by atoms with E-state index >= 15 is 0 Å². The maximum absolute atomic E-state index is 12.3. The van der Waals surface area contributed by atoms with E-state index in [2.05, 4.69) is 0 Å². The molecule has 1 nitrogen and oxygen atoms in total. The number of alkyl halides is 2. The van der Waals surface area contributed by atoms with Crippen LogP contribution in [0.2, 0.25) is 5.02 Å². The minimum atomic E-state index is -2.41. The van der Waals surface area contributed by atoms with E-state index in [-0.39, 0.29) is 6.54 Å². The van der Waals surface area contributed by atoms with E-state index < -0.39 is 12.3 Å². The predicted octanol–water partition coefficient (Wildman–Crippen LogP) is 2.71. The molecule has 2 N–H and O–H groups in total. The first-order chi connectivity index (χ1) is 5.65. The van der Waals surface area contributed by atoms with Crippen LogP contribution >= 0.6 is 22.9 Å². The van der Waals surface area contributed by atoms with Gasteiger partial charge in [0, 0.05) is 16.8 Å². The van der Waals surface area contributed by atoms with Crippen molar-refractivity contribution in [3.05, 3.63) is 21.3 Å². The molecule has 5 heteroatoms. The van der Waals surface area contributed by atoms with Gasteiger partial charge in [-0.15, -0.1) is 11.3 Å². The second-order valence-electron chi connectivity index (χ2n) is 2.34. The summed E-state index contributed by atoms with van der Waals surface area (Å²) in [4.78, 5) is 0.553. The first-order valence-electron chi connectivity index (χ1n) is 3.37. The Morgan fingerprint density at radius 1 is 1.58 bits per heavy atom. The number of halogens is 3. The number of thiophene rings is 1. The van der Waals surface area contributed by atoms with Crippen LogP contribution in [0.4, 0.5) is 8.78 Å². The maximum Gasteiger partial charge on any atom is 0.247 e. The third-order valence-corrected chi connectivity index (χ3v) is 2.92. The molecular weight excluding hydrogens is 204 g/mol. The van der Waals surface area contributed by atoms with Gasteiger partial charge in [0.1, 0.15) is 0 Å². The van der Waals surface area contributed by atoms with E-state index in [0.717, 1.165) is 0 Å². The summed E-state index contributed by atoms with van der Waals surface area (Å²) >= 11 is 6.81. The van der Waals surface area contributed by atoms with E-state index in [1.54, 1.807) is 5.38 Å². The van der Waals surface area contributed by atoms with E-state index in [0.29, 0.717) is 9.90 Å². The molecule has 1 atom stereocenters. The molecule has 0 aliphatic carbocycles. The second kappa shape index (κ2) is 4.16. The minimum Gasteiger partial charge on any atom is -0.330 e. The van der Waals surface area contributed by atoms with Crippen molar-refractivity contribution < 1.29 is 8.78 Å². The van der Waals surface area contributed by atoms with Gasteiger partial charge in [0.05, 0.1) is 10.9 Å². The maximum atomic E-state index is 12.3. The topological polar surface area (TPSA) is 26.0 Å². The Bertz CT molecular complexity index is 251. The summed E-state index contributed by atoms with van der Waals surface area (Å²) in [5.74, 6) is -0.873. The summed E-state index contributed by atoms with van der Waals surface area (Å²) in [5, 5.41) is 2.12. The highest BCUT2D eigenvalue weighted by molar-refractivity contribution is 7.10. The van der Waals surface area contributed by atoms with Gasteiger partial charge in [0.15, 0.2) is 0 Å². The number of hydrogen-bond donors (Lipinski definition) is 1. The molecule has 0 saturated carbocycles. The van der Waals surface area contributed by atoms with Crippen molar-refractivity contribution in [3.8, 4) is 0 Å². The average Bonchev–Trinajstić information content (AvgIpc) is 2.37. The van der Waals surface area contributed by atoms with Crippen LogP contribution in [0, 0.1) is 0 Å². The molecule has 0 saturated heterocycles. The molecule has 0 aromatic carbocycles. The van der Waals surface area contributed by atoms with Gasteiger partial charge in [0.2, 0.25) is 6.43 Å². The van der Waals surface area contributed by atoms with Crippen molar-refractivity contribution in [2.24, 2.45) is 5.73 Å². The molecule has 1 aromatic heterocycles. The predicted molar refractivity (Wildman–Crippen MR) is 47.1 cm³/mol. The summed E-state index contributed by atoms with van der Waals surface area (Å²) in [6.45, 7) is -0.0471. The minimum absolute atomic E-state index is 0.0471. The Balaban J connectivity index is 2.80. The van der Waals surface area contributed by atoms with E-state index in [4.69, 9.17) is 17.3 Å². The molecule has 1 aromatic rings. The third kappa shape index (κ3) is 2.15. The first kappa shape index (κ1) is 9.89. The van der Waals surface area contributed by atoms with Gasteiger partial charge in [-0.2, -0.15) is 0 Å². The van der Waals surface area contributed by atoms with Crippen molar-refractivity contribution in [1.29, 1.82) is 0 Å². The van der Waals surface area contributed by atoms with Crippen LogP contribution in [-0.4, -0.2) is 13.0 Å². The largest absolute Gasteiger partial charge is 0.330 e. The molecule has 0 fully saturated rings. The second-order valence-corrected chi connectivity index (χ2v) is 3.72. The van der Waals surface area contributed by atoms with Crippen molar-refractivity contribution >= 4 is 22.9 Å². The van der Waals surface area contributed by atoms with Crippen LogP contribution in [0.25, 0.3) is 0 Å². The SMILES string of the molecule is NCC(c1cc(Cl)cs1)C(F)F. The lowest BCUT2D eigenvalue weighted by Crippen LogP contribution is -2.18. The lowest BCUT2D eigenvalue weighted by molar-refractivity contribution is 0.118. The number of rotatable bonds is 3. The van der Waals surface area contributed by atoms with Gasteiger partial charge in [-0.3, -0.25) is 0 Å². The van der Waals surface area contributed by atoms with Crippen molar-refractivity contribution in [1.82, 2.24) is 0 Å². The molecule has 68 valence electrons. The Morgan fingerprint density at radius 3 is 2.58 bits per heavy atom. The van der Waals surface area contributed by atoms with Crippen LogP contribution < -0.4 is 5.73 Å². The molecular formula is C7H8ClF2NS. The molecule has 0 aliphatic rings. The summed E-state index contributed by atoms with van der Waals surface area (Å²) in [5.41, 5.74) is 5.20. The highest BCUT2D eigenvalue weighted by Crippen LogP contribution is 2.29. The zero-order valence-corrected chi connectivity index (χ0v) is 7.71. The zero-order chi connectivity index (χ0) is 9.14. The van der Waals surface area contributed by atoms with Crippen molar-refractivity contribution in [3.63, 3.8) is 0 Å². The van der Waals surface area contributed by atoms with Gasteiger partial charge >= 0.3 is 0 Å². The summed E-state index contributed by atoms with van der Waals surface area (Å²) in [6, 6.07) is 1.54. The zero-order valence-electron chi connectivity index (χ0n) is 6.14. The third-order valence-electron chi connectivity index (χ3n) is 1.51. The lowest BCUT2D eigenvalue weighted by Gasteiger charge is -2.10. The summed E-state index contributed by atoms with van der Waals surface area (Å²) < 4.78 is 24.6. The highest BCUT2D eigenvalue weighted by Gasteiger charge is 2.22. The molecule has 0 radical (unpaired) electrons. The average molecular weight is 212 g/mol. The number of hydrogen-bond acceptors (Lipinski definition) is 2. The summed E-state index contributed by atoms with van der Waals surface area (Å²) in [6.07, 6.45) is -2.41. The van der Waals surface area contributed by atoms with Crippen LogP contribution in [0.3, 0.4) is 0 Å². The van der Waals surface area contributed by atoms with Crippen LogP contribution in [0.15, 0.2) is 11.4 Å². The Hall–Kier alpha value is -0.190. The molecule has 12 heavy (non-hydrogen) atoms. The van der Waals surface area contributed by atoms with Crippen LogP contribution in [-0.2, 0) is 0 Å². The fourth-order valence-electron chi connectivity index (χ4n) is 0.866. The molecule has 1 heterocycles. The fraction of sp³-hybridized carbons (Fsp3) is 0.429. The molecule has 0 spiro atoms. The quantitative estimate of drug-likeness (QED) is 0.818. The molecule has 0 aliphatic heterocycles. The normalized spacial score (nSPS) is 13.8. The van der Waals surface area contributed by atoms with Gasteiger partial charge < -0.3 is 5.73 Å². The first-order valence-corrected chi connectivity index (χ1v) is 4.63. The summed E-state index contributed by atoms with van der Waals surface area (Å²) in [7, 11) is 0. The smallest absolute Gasteiger partial charge is 0.247 e.